The standard InChI is InChI=1S/C20H26BrNO3/c1-14-9-16-13-25-19(23)20(16,11-14)12-15-5-6-18(17(21)10-15)24-8-4-7-22(2)3/h5-6,10,16H,1,4,7-9,11-13H2,2-3H3. The third kappa shape index (κ3) is 3.93. The van der Waals surface area contributed by atoms with Crippen LogP contribution in [0.1, 0.15) is 24.8 Å². The Morgan fingerprint density at radius 1 is 1.44 bits per heavy atom. The molecule has 0 radical (unpaired) electrons. The number of hydrogen-bond donors (Lipinski definition) is 0. The van der Waals surface area contributed by atoms with Crippen molar-refractivity contribution in [1.82, 2.24) is 4.90 Å². The normalized spacial score (nSPS) is 25.4. The van der Waals surface area contributed by atoms with E-state index in [9.17, 15) is 4.79 Å². The van der Waals surface area contributed by atoms with E-state index in [2.05, 4.69) is 53.6 Å². The number of rotatable bonds is 7. The summed E-state index contributed by atoms with van der Waals surface area (Å²) in [4.78, 5) is 14.6. The average molecular weight is 408 g/mol. The molecule has 0 aromatic heterocycles. The SMILES string of the molecule is C=C1CC2COC(=O)C2(Cc2ccc(OCCCN(C)C)c(Br)c2)C1. The number of halogens is 1. The van der Waals surface area contributed by atoms with Crippen LogP contribution in [0.3, 0.4) is 0 Å². The number of carbonyl (C=O) groups excluding carboxylic acids is 1. The van der Waals surface area contributed by atoms with Crippen LogP contribution in [0.25, 0.3) is 0 Å². The second-order valence-electron chi connectivity index (χ2n) is 7.53. The van der Waals surface area contributed by atoms with Crippen LogP contribution in [0.4, 0.5) is 0 Å². The van der Waals surface area contributed by atoms with Gasteiger partial charge in [0.15, 0.2) is 0 Å². The quantitative estimate of drug-likeness (QED) is 0.391. The molecule has 0 bridgehead atoms. The maximum Gasteiger partial charge on any atom is 0.313 e. The van der Waals surface area contributed by atoms with E-state index in [0.717, 1.165) is 41.6 Å². The van der Waals surface area contributed by atoms with Gasteiger partial charge in [0.1, 0.15) is 5.75 Å². The van der Waals surface area contributed by atoms with Crippen molar-refractivity contribution in [3.05, 3.63) is 40.4 Å². The molecule has 136 valence electrons. The summed E-state index contributed by atoms with van der Waals surface area (Å²) in [6.07, 6.45) is 3.34. The first-order valence-electron chi connectivity index (χ1n) is 8.80. The molecule has 2 aliphatic rings. The number of benzene rings is 1. The van der Waals surface area contributed by atoms with Gasteiger partial charge in [0, 0.05) is 12.5 Å². The summed E-state index contributed by atoms with van der Waals surface area (Å²) >= 11 is 3.61. The van der Waals surface area contributed by atoms with Crippen molar-refractivity contribution in [2.45, 2.75) is 25.7 Å². The lowest BCUT2D eigenvalue weighted by atomic mass is 9.75. The van der Waals surface area contributed by atoms with Crippen LogP contribution in [-0.4, -0.2) is 44.7 Å². The summed E-state index contributed by atoms with van der Waals surface area (Å²) in [5, 5.41) is 0. The monoisotopic (exact) mass is 407 g/mol. The molecular weight excluding hydrogens is 382 g/mol. The van der Waals surface area contributed by atoms with Crippen molar-refractivity contribution in [3.63, 3.8) is 0 Å². The average Bonchev–Trinajstić information content (AvgIpc) is 3.00. The molecule has 0 amide bonds. The van der Waals surface area contributed by atoms with Crippen LogP contribution in [-0.2, 0) is 16.0 Å². The molecule has 2 unspecified atom stereocenters. The number of ether oxygens (including phenoxy) is 2. The first kappa shape index (κ1) is 18.5. The highest BCUT2D eigenvalue weighted by molar-refractivity contribution is 9.10. The van der Waals surface area contributed by atoms with Gasteiger partial charge in [0.05, 0.1) is 23.1 Å². The molecule has 2 atom stereocenters. The third-order valence-corrected chi connectivity index (χ3v) is 5.85. The van der Waals surface area contributed by atoms with E-state index < -0.39 is 5.41 Å². The molecule has 1 saturated carbocycles. The second kappa shape index (κ2) is 7.50. The lowest BCUT2D eigenvalue weighted by Crippen LogP contribution is -2.31. The number of nitrogens with zero attached hydrogens (tertiary/aromatic N) is 1. The van der Waals surface area contributed by atoms with E-state index in [4.69, 9.17) is 9.47 Å². The van der Waals surface area contributed by atoms with Crippen molar-refractivity contribution in [1.29, 1.82) is 0 Å². The summed E-state index contributed by atoms with van der Waals surface area (Å²) in [6, 6.07) is 6.12. The molecule has 1 aromatic carbocycles. The summed E-state index contributed by atoms with van der Waals surface area (Å²) in [6.45, 7) is 6.33. The number of fused-ring (bicyclic) bond motifs is 1. The van der Waals surface area contributed by atoms with Crippen LogP contribution in [0.15, 0.2) is 34.8 Å². The molecule has 3 rings (SSSR count). The molecule has 1 aliphatic carbocycles. The number of cyclic esters (lactones) is 1. The highest BCUT2D eigenvalue weighted by Gasteiger charge is 2.55. The van der Waals surface area contributed by atoms with Crippen molar-refractivity contribution >= 4 is 21.9 Å². The molecule has 1 aromatic rings. The highest BCUT2D eigenvalue weighted by atomic mass is 79.9. The Labute approximate surface area is 158 Å². The molecule has 5 heteroatoms. The minimum absolute atomic E-state index is 0.0590. The summed E-state index contributed by atoms with van der Waals surface area (Å²) < 4.78 is 12.2. The molecule has 0 spiro atoms. The van der Waals surface area contributed by atoms with Crippen molar-refractivity contribution in [2.24, 2.45) is 11.3 Å². The van der Waals surface area contributed by atoms with Gasteiger partial charge in [-0.15, -0.1) is 0 Å². The van der Waals surface area contributed by atoms with Gasteiger partial charge in [-0.2, -0.15) is 0 Å². The maximum absolute atomic E-state index is 12.4. The van der Waals surface area contributed by atoms with Gasteiger partial charge in [-0.3, -0.25) is 4.79 Å². The fourth-order valence-electron chi connectivity index (χ4n) is 3.96. The highest BCUT2D eigenvalue weighted by Crippen LogP contribution is 2.52. The summed E-state index contributed by atoms with van der Waals surface area (Å²) in [7, 11) is 4.12. The van der Waals surface area contributed by atoms with Gasteiger partial charge in [0.2, 0.25) is 0 Å². The Kier molecular flexibility index (Phi) is 5.54. The zero-order chi connectivity index (χ0) is 18.0. The van der Waals surface area contributed by atoms with Crippen molar-refractivity contribution in [2.75, 3.05) is 33.9 Å². The molecule has 4 nitrogen and oxygen atoms in total. The van der Waals surface area contributed by atoms with Gasteiger partial charge >= 0.3 is 5.97 Å². The lowest BCUT2D eigenvalue weighted by molar-refractivity contribution is -0.146. The predicted octanol–water partition coefficient (Wildman–Crippen LogP) is 3.83. The Morgan fingerprint density at radius 2 is 2.24 bits per heavy atom. The lowest BCUT2D eigenvalue weighted by Gasteiger charge is -2.24. The van der Waals surface area contributed by atoms with E-state index >= 15 is 0 Å². The first-order valence-corrected chi connectivity index (χ1v) is 9.60. The molecule has 25 heavy (non-hydrogen) atoms. The summed E-state index contributed by atoms with van der Waals surface area (Å²) in [5.41, 5.74) is 1.89. The summed E-state index contributed by atoms with van der Waals surface area (Å²) in [5.74, 6) is 1.06. The third-order valence-electron chi connectivity index (χ3n) is 5.23. The Bertz CT molecular complexity index is 673. The zero-order valence-corrected chi connectivity index (χ0v) is 16.6. The van der Waals surface area contributed by atoms with Crippen LogP contribution in [0.5, 0.6) is 5.75 Å². The minimum Gasteiger partial charge on any atom is -0.492 e. The zero-order valence-electron chi connectivity index (χ0n) is 15.0. The Balaban J connectivity index is 1.67. The van der Waals surface area contributed by atoms with Gasteiger partial charge in [-0.1, -0.05) is 18.2 Å². The van der Waals surface area contributed by atoms with E-state index in [1.54, 1.807) is 0 Å². The molecule has 1 heterocycles. The number of hydrogen-bond acceptors (Lipinski definition) is 4. The fraction of sp³-hybridized carbons (Fsp3) is 0.550. The van der Waals surface area contributed by atoms with E-state index in [-0.39, 0.29) is 11.9 Å². The molecular formula is C20H26BrNO3. The smallest absolute Gasteiger partial charge is 0.313 e. The Morgan fingerprint density at radius 3 is 2.96 bits per heavy atom. The number of carbonyl (C=O) groups is 1. The van der Waals surface area contributed by atoms with Gasteiger partial charge in [-0.05, 0) is 73.4 Å². The van der Waals surface area contributed by atoms with Crippen LogP contribution in [0.2, 0.25) is 0 Å². The molecule has 1 aliphatic heterocycles. The largest absolute Gasteiger partial charge is 0.492 e. The van der Waals surface area contributed by atoms with Crippen molar-refractivity contribution in [3.8, 4) is 5.75 Å². The van der Waals surface area contributed by atoms with Gasteiger partial charge in [0.25, 0.3) is 0 Å². The number of allylic oxidation sites excluding steroid dienone is 1. The molecule has 0 N–H and O–H groups in total. The topological polar surface area (TPSA) is 38.8 Å². The Hall–Kier alpha value is -1.33. The van der Waals surface area contributed by atoms with Crippen LogP contribution in [0, 0.1) is 11.3 Å². The van der Waals surface area contributed by atoms with E-state index in [0.29, 0.717) is 19.6 Å². The first-order chi connectivity index (χ1) is 11.9. The minimum atomic E-state index is -0.412. The maximum atomic E-state index is 12.4. The van der Waals surface area contributed by atoms with Gasteiger partial charge < -0.3 is 14.4 Å². The molecule has 2 fully saturated rings. The van der Waals surface area contributed by atoms with Crippen LogP contribution >= 0.6 is 15.9 Å². The van der Waals surface area contributed by atoms with Gasteiger partial charge in [-0.25, -0.2) is 0 Å². The van der Waals surface area contributed by atoms with E-state index in [1.165, 1.54) is 5.57 Å². The fourth-order valence-corrected chi connectivity index (χ4v) is 4.50. The second-order valence-corrected chi connectivity index (χ2v) is 8.38. The van der Waals surface area contributed by atoms with E-state index in [1.807, 2.05) is 6.07 Å². The number of esters is 1. The predicted molar refractivity (Wildman–Crippen MR) is 102 cm³/mol. The van der Waals surface area contributed by atoms with Crippen LogP contribution < -0.4 is 4.74 Å². The van der Waals surface area contributed by atoms with Crippen molar-refractivity contribution < 1.29 is 14.3 Å². The molecule has 1 saturated heterocycles.